The van der Waals surface area contributed by atoms with Crippen LogP contribution in [0.3, 0.4) is 0 Å². The standard InChI is InChI=1S/C19H13ClF3NO2/c1-11-3-2-4-13(9-11)24-18(25)17-8-7-16(26-17)14-10-12(19(21,22)23)5-6-15(14)20/h2-10H,1H3,(H,24,25). The summed E-state index contributed by atoms with van der Waals surface area (Å²) in [5, 5.41) is 2.76. The second-order valence-electron chi connectivity index (χ2n) is 5.68. The molecule has 7 heteroatoms. The lowest BCUT2D eigenvalue weighted by Crippen LogP contribution is -2.10. The van der Waals surface area contributed by atoms with Crippen LogP contribution >= 0.6 is 11.6 Å². The number of furan rings is 1. The maximum atomic E-state index is 12.9. The van der Waals surface area contributed by atoms with Crippen LogP contribution in [-0.4, -0.2) is 5.91 Å². The minimum Gasteiger partial charge on any atom is -0.451 e. The van der Waals surface area contributed by atoms with Crippen LogP contribution in [-0.2, 0) is 6.18 Å². The summed E-state index contributed by atoms with van der Waals surface area (Å²) < 4.78 is 44.1. The summed E-state index contributed by atoms with van der Waals surface area (Å²) in [6.07, 6.45) is -4.50. The Labute approximate surface area is 152 Å². The molecule has 3 aromatic rings. The molecule has 26 heavy (non-hydrogen) atoms. The molecule has 134 valence electrons. The van der Waals surface area contributed by atoms with Crippen molar-refractivity contribution in [2.24, 2.45) is 0 Å². The predicted octanol–water partition coefficient (Wildman–Crippen LogP) is 6.18. The SMILES string of the molecule is Cc1cccc(NC(=O)c2ccc(-c3cc(C(F)(F)F)ccc3Cl)o2)c1. The summed E-state index contributed by atoms with van der Waals surface area (Å²) in [7, 11) is 0. The molecule has 0 atom stereocenters. The molecule has 0 saturated carbocycles. The van der Waals surface area contributed by atoms with Gasteiger partial charge in [0, 0.05) is 11.3 Å². The molecule has 1 aromatic heterocycles. The van der Waals surface area contributed by atoms with Gasteiger partial charge in [0.15, 0.2) is 5.76 Å². The van der Waals surface area contributed by atoms with Gasteiger partial charge in [-0.3, -0.25) is 4.79 Å². The van der Waals surface area contributed by atoms with Gasteiger partial charge >= 0.3 is 6.18 Å². The number of carbonyl (C=O) groups excluding carboxylic acids is 1. The van der Waals surface area contributed by atoms with Crippen molar-refractivity contribution >= 4 is 23.2 Å². The maximum Gasteiger partial charge on any atom is 0.416 e. The highest BCUT2D eigenvalue weighted by molar-refractivity contribution is 6.33. The van der Waals surface area contributed by atoms with E-state index in [4.69, 9.17) is 16.0 Å². The van der Waals surface area contributed by atoms with Crippen molar-refractivity contribution in [1.82, 2.24) is 0 Å². The van der Waals surface area contributed by atoms with Gasteiger partial charge in [-0.25, -0.2) is 0 Å². The van der Waals surface area contributed by atoms with Crippen molar-refractivity contribution in [3.05, 3.63) is 76.5 Å². The molecule has 2 aromatic carbocycles. The van der Waals surface area contributed by atoms with Gasteiger partial charge in [-0.15, -0.1) is 0 Å². The van der Waals surface area contributed by atoms with Gasteiger partial charge in [0.1, 0.15) is 5.76 Å². The third-order valence-corrected chi connectivity index (χ3v) is 3.99. The molecule has 0 unspecified atom stereocenters. The second kappa shape index (κ2) is 6.88. The van der Waals surface area contributed by atoms with Crippen LogP contribution < -0.4 is 5.32 Å². The summed E-state index contributed by atoms with van der Waals surface area (Å²) in [4.78, 5) is 12.3. The highest BCUT2D eigenvalue weighted by Gasteiger charge is 2.31. The molecule has 3 nitrogen and oxygen atoms in total. The van der Waals surface area contributed by atoms with Crippen LogP contribution in [0, 0.1) is 6.92 Å². The van der Waals surface area contributed by atoms with Crippen LogP contribution in [0.25, 0.3) is 11.3 Å². The number of aryl methyl sites for hydroxylation is 1. The zero-order valence-electron chi connectivity index (χ0n) is 13.5. The summed E-state index contributed by atoms with van der Waals surface area (Å²) in [6.45, 7) is 1.89. The van der Waals surface area contributed by atoms with Gasteiger partial charge in [0.25, 0.3) is 5.91 Å². The molecule has 0 aliphatic heterocycles. The molecule has 0 radical (unpaired) electrons. The highest BCUT2D eigenvalue weighted by Crippen LogP contribution is 2.36. The Morgan fingerprint density at radius 2 is 1.85 bits per heavy atom. The molecule has 0 fully saturated rings. The number of alkyl halides is 3. The molecule has 0 aliphatic rings. The van der Waals surface area contributed by atoms with E-state index in [1.54, 1.807) is 18.2 Å². The van der Waals surface area contributed by atoms with Crippen molar-refractivity contribution in [3.63, 3.8) is 0 Å². The first-order valence-corrected chi connectivity index (χ1v) is 7.97. The maximum absolute atomic E-state index is 12.9. The summed E-state index contributed by atoms with van der Waals surface area (Å²) >= 11 is 5.99. The number of anilines is 1. The first-order valence-electron chi connectivity index (χ1n) is 7.59. The smallest absolute Gasteiger partial charge is 0.416 e. The van der Waals surface area contributed by atoms with E-state index in [-0.39, 0.29) is 22.1 Å². The van der Waals surface area contributed by atoms with Gasteiger partial charge in [-0.05, 0) is 55.0 Å². The zero-order chi connectivity index (χ0) is 18.9. The monoisotopic (exact) mass is 379 g/mol. The molecule has 1 heterocycles. The average Bonchev–Trinajstić information content (AvgIpc) is 3.04. The van der Waals surface area contributed by atoms with E-state index in [9.17, 15) is 18.0 Å². The molecular formula is C19H13ClF3NO2. The third kappa shape index (κ3) is 3.91. The summed E-state index contributed by atoms with van der Waals surface area (Å²) in [6, 6.07) is 12.9. The minimum absolute atomic E-state index is 0.0324. The largest absolute Gasteiger partial charge is 0.451 e. The van der Waals surface area contributed by atoms with E-state index in [0.29, 0.717) is 5.69 Å². The zero-order valence-corrected chi connectivity index (χ0v) is 14.3. The number of halogens is 4. The number of benzene rings is 2. The van der Waals surface area contributed by atoms with Crippen LogP contribution in [0.2, 0.25) is 5.02 Å². The van der Waals surface area contributed by atoms with Crippen molar-refractivity contribution in [2.45, 2.75) is 13.1 Å². The lowest BCUT2D eigenvalue weighted by atomic mass is 10.1. The summed E-state index contributed by atoms with van der Waals surface area (Å²) in [5.74, 6) is -0.463. The number of carbonyl (C=O) groups is 1. The van der Waals surface area contributed by atoms with E-state index < -0.39 is 17.6 Å². The number of amides is 1. The van der Waals surface area contributed by atoms with Crippen LogP contribution in [0.15, 0.2) is 59.0 Å². The number of hydrogen-bond acceptors (Lipinski definition) is 2. The van der Waals surface area contributed by atoms with E-state index in [1.807, 2.05) is 13.0 Å². The van der Waals surface area contributed by atoms with E-state index in [1.165, 1.54) is 12.1 Å². The first-order chi connectivity index (χ1) is 12.2. The second-order valence-corrected chi connectivity index (χ2v) is 6.09. The first kappa shape index (κ1) is 18.1. The van der Waals surface area contributed by atoms with Gasteiger partial charge < -0.3 is 9.73 Å². The Kier molecular flexibility index (Phi) is 4.78. The van der Waals surface area contributed by atoms with Crippen LogP contribution in [0.5, 0.6) is 0 Å². The number of nitrogens with one attached hydrogen (secondary N) is 1. The molecule has 0 aliphatic carbocycles. The van der Waals surface area contributed by atoms with Crippen LogP contribution in [0.1, 0.15) is 21.7 Å². The van der Waals surface area contributed by atoms with E-state index in [2.05, 4.69) is 5.32 Å². The molecule has 0 saturated heterocycles. The fourth-order valence-electron chi connectivity index (χ4n) is 2.41. The molecule has 3 rings (SSSR count). The predicted molar refractivity (Wildman–Crippen MR) is 93.3 cm³/mol. The minimum atomic E-state index is -4.50. The number of rotatable bonds is 3. The lowest BCUT2D eigenvalue weighted by Gasteiger charge is -2.09. The van der Waals surface area contributed by atoms with Crippen molar-refractivity contribution in [2.75, 3.05) is 5.32 Å². The number of hydrogen-bond donors (Lipinski definition) is 1. The fraction of sp³-hybridized carbons (Fsp3) is 0.105. The molecule has 1 amide bonds. The normalized spacial score (nSPS) is 11.4. The fourth-order valence-corrected chi connectivity index (χ4v) is 2.62. The van der Waals surface area contributed by atoms with Gasteiger partial charge in [0.05, 0.1) is 10.6 Å². The Hall–Kier alpha value is -2.73. The average molecular weight is 380 g/mol. The Bertz CT molecular complexity index is 963. The van der Waals surface area contributed by atoms with Gasteiger partial charge in [-0.2, -0.15) is 13.2 Å². The van der Waals surface area contributed by atoms with E-state index >= 15 is 0 Å². The lowest BCUT2D eigenvalue weighted by molar-refractivity contribution is -0.137. The van der Waals surface area contributed by atoms with Crippen LogP contribution in [0.4, 0.5) is 18.9 Å². The van der Waals surface area contributed by atoms with Crippen molar-refractivity contribution < 1.29 is 22.4 Å². The van der Waals surface area contributed by atoms with Crippen molar-refractivity contribution in [1.29, 1.82) is 0 Å². The molecule has 0 spiro atoms. The van der Waals surface area contributed by atoms with Crippen molar-refractivity contribution in [3.8, 4) is 11.3 Å². The Balaban J connectivity index is 1.87. The van der Waals surface area contributed by atoms with E-state index in [0.717, 1.165) is 23.8 Å². The highest BCUT2D eigenvalue weighted by atomic mass is 35.5. The Morgan fingerprint density at radius 1 is 1.08 bits per heavy atom. The quantitative estimate of drug-likeness (QED) is 0.590. The summed E-state index contributed by atoms with van der Waals surface area (Å²) in [5.41, 5.74) is 0.777. The Morgan fingerprint density at radius 3 is 2.54 bits per heavy atom. The third-order valence-electron chi connectivity index (χ3n) is 3.66. The molecule has 1 N–H and O–H groups in total. The topological polar surface area (TPSA) is 42.2 Å². The van der Waals surface area contributed by atoms with Gasteiger partial charge in [-0.1, -0.05) is 23.7 Å². The van der Waals surface area contributed by atoms with Gasteiger partial charge in [0.2, 0.25) is 0 Å². The molecule has 0 bridgehead atoms. The molecular weight excluding hydrogens is 367 g/mol.